The van der Waals surface area contributed by atoms with E-state index in [0.29, 0.717) is 0 Å². The fraction of sp³-hybridized carbons (Fsp3) is 0.0714. The van der Waals surface area contributed by atoms with Gasteiger partial charge in [-0.25, -0.2) is 0 Å². The Morgan fingerprint density at radius 1 is 0.581 bits per heavy atom. The molecular weight excluding hydrogens is 518 g/mol. The van der Waals surface area contributed by atoms with Crippen molar-refractivity contribution in [2.24, 2.45) is 4.99 Å². The second-order valence-electron chi connectivity index (χ2n) is 11.7. The van der Waals surface area contributed by atoms with E-state index in [1.165, 1.54) is 49.7 Å². The van der Waals surface area contributed by atoms with Crippen molar-refractivity contribution in [3.8, 4) is 11.1 Å². The summed E-state index contributed by atoms with van der Waals surface area (Å²) in [6.45, 7) is 9.10. The molecule has 0 heterocycles. The van der Waals surface area contributed by atoms with E-state index in [4.69, 9.17) is 11.6 Å². The molecule has 8 rings (SSSR count). The van der Waals surface area contributed by atoms with Crippen LogP contribution in [0.2, 0.25) is 0 Å². The number of allylic oxidation sites excluding steroid dienone is 3. The third-order valence-corrected chi connectivity index (χ3v) is 9.31. The first-order valence-electron chi connectivity index (χ1n) is 14.9. The first-order chi connectivity index (χ1) is 21.1. The molecule has 0 saturated heterocycles. The molecule has 0 radical (unpaired) electrons. The van der Waals surface area contributed by atoms with Crippen LogP contribution in [0.15, 0.2) is 157 Å². The standard InChI is InChI=1S/C42H31N/c1-27-23-25-30(26-24-27)29(3)43-41-40(28(2)32-19-12-14-31-13-4-5-15-33(31)32)36-18-8-11-22-39(36)42(41)37-20-9-6-16-34(37)35-17-7-10-21-38(35)42/h4-26H,2H2,1,3H3/b43-29+. The van der Waals surface area contributed by atoms with E-state index >= 15 is 0 Å². The molecule has 0 atom stereocenters. The molecule has 0 N–H and O–H groups in total. The molecule has 1 spiro atoms. The van der Waals surface area contributed by atoms with Crippen molar-refractivity contribution in [2.75, 3.05) is 0 Å². The van der Waals surface area contributed by atoms with Gasteiger partial charge in [0.05, 0.1) is 11.1 Å². The molecule has 6 aromatic carbocycles. The van der Waals surface area contributed by atoms with Crippen LogP contribution in [0.1, 0.15) is 45.9 Å². The van der Waals surface area contributed by atoms with Crippen LogP contribution in [0.5, 0.6) is 0 Å². The Hall–Kier alpha value is -5.27. The molecular formula is C42H31N. The Morgan fingerprint density at radius 2 is 1.12 bits per heavy atom. The van der Waals surface area contributed by atoms with Crippen molar-refractivity contribution < 1.29 is 0 Å². The van der Waals surface area contributed by atoms with E-state index in [-0.39, 0.29) is 0 Å². The van der Waals surface area contributed by atoms with Crippen LogP contribution < -0.4 is 0 Å². The molecule has 0 fully saturated rings. The van der Waals surface area contributed by atoms with Gasteiger partial charge in [0.2, 0.25) is 0 Å². The first-order valence-corrected chi connectivity index (χ1v) is 14.9. The lowest BCUT2D eigenvalue weighted by Gasteiger charge is -2.31. The van der Waals surface area contributed by atoms with Gasteiger partial charge in [-0.15, -0.1) is 0 Å². The minimum absolute atomic E-state index is 0.557. The Kier molecular flexibility index (Phi) is 5.71. The molecule has 43 heavy (non-hydrogen) atoms. The summed E-state index contributed by atoms with van der Waals surface area (Å²) < 4.78 is 0. The number of aryl methyl sites for hydroxylation is 1. The largest absolute Gasteiger partial charge is 0.255 e. The van der Waals surface area contributed by atoms with Gasteiger partial charge in [-0.1, -0.05) is 152 Å². The van der Waals surface area contributed by atoms with Gasteiger partial charge in [0.15, 0.2) is 0 Å². The third kappa shape index (κ3) is 3.61. The van der Waals surface area contributed by atoms with Gasteiger partial charge in [0.25, 0.3) is 0 Å². The molecule has 204 valence electrons. The maximum Gasteiger partial charge on any atom is 0.0898 e. The highest BCUT2D eigenvalue weighted by atomic mass is 14.8. The summed E-state index contributed by atoms with van der Waals surface area (Å²) in [6.07, 6.45) is 0. The van der Waals surface area contributed by atoms with Crippen LogP contribution in [0.4, 0.5) is 0 Å². The fourth-order valence-electron chi connectivity index (χ4n) is 7.35. The van der Waals surface area contributed by atoms with Crippen molar-refractivity contribution in [3.63, 3.8) is 0 Å². The van der Waals surface area contributed by atoms with Crippen LogP contribution in [0.25, 0.3) is 33.0 Å². The summed E-state index contributed by atoms with van der Waals surface area (Å²) in [4.78, 5) is 5.67. The Balaban J connectivity index is 1.51. The monoisotopic (exact) mass is 549 g/mol. The number of hydrogen-bond donors (Lipinski definition) is 0. The van der Waals surface area contributed by atoms with E-state index in [9.17, 15) is 0 Å². The van der Waals surface area contributed by atoms with Gasteiger partial charge in [0, 0.05) is 11.3 Å². The molecule has 0 aliphatic heterocycles. The first kappa shape index (κ1) is 25.4. The van der Waals surface area contributed by atoms with Crippen molar-refractivity contribution in [2.45, 2.75) is 19.3 Å². The van der Waals surface area contributed by atoms with Crippen molar-refractivity contribution in [1.82, 2.24) is 0 Å². The minimum Gasteiger partial charge on any atom is -0.255 e. The molecule has 2 aliphatic carbocycles. The van der Waals surface area contributed by atoms with E-state index in [1.54, 1.807) is 0 Å². The van der Waals surface area contributed by atoms with Gasteiger partial charge in [0.1, 0.15) is 0 Å². The van der Waals surface area contributed by atoms with Gasteiger partial charge in [-0.2, -0.15) is 0 Å². The maximum atomic E-state index is 5.67. The fourth-order valence-corrected chi connectivity index (χ4v) is 7.35. The van der Waals surface area contributed by atoms with Crippen molar-refractivity contribution in [1.29, 1.82) is 0 Å². The average molecular weight is 550 g/mol. The van der Waals surface area contributed by atoms with E-state index in [2.05, 4.69) is 153 Å². The van der Waals surface area contributed by atoms with Crippen LogP contribution >= 0.6 is 0 Å². The van der Waals surface area contributed by atoms with Crippen molar-refractivity contribution >= 4 is 27.6 Å². The topological polar surface area (TPSA) is 12.4 Å². The summed E-state index contributed by atoms with van der Waals surface area (Å²) in [5.41, 5.74) is 14.7. The number of rotatable bonds is 4. The molecule has 2 aliphatic rings. The summed E-state index contributed by atoms with van der Waals surface area (Å²) in [5.74, 6) is 0. The Labute approximate surface area is 253 Å². The summed E-state index contributed by atoms with van der Waals surface area (Å²) in [6, 6.07) is 50.4. The predicted molar refractivity (Wildman–Crippen MR) is 181 cm³/mol. The average Bonchev–Trinajstić information content (AvgIpc) is 3.51. The highest BCUT2D eigenvalue weighted by molar-refractivity contribution is 6.15. The molecule has 0 unspecified atom stereocenters. The Morgan fingerprint density at radius 3 is 1.79 bits per heavy atom. The van der Waals surface area contributed by atoms with Gasteiger partial charge >= 0.3 is 0 Å². The third-order valence-electron chi connectivity index (χ3n) is 9.31. The van der Waals surface area contributed by atoms with Gasteiger partial charge in [-0.05, 0) is 74.7 Å². The molecule has 0 aromatic heterocycles. The Bertz CT molecular complexity index is 2110. The smallest absolute Gasteiger partial charge is 0.0898 e. The molecule has 6 aromatic rings. The number of benzene rings is 6. The maximum absolute atomic E-state index is 5.67. The molecule has 0 bridgehead atoms. The second kappa shape index (κ2) is 9.64. The lowest BCUT2D eigenvalue weighted by Crippen LogP contribution is -2.27. The van der Waals surface area contributed by atoms with Crippen LogP contribution in [-0.4, -0.2) is 5.71 Å². The lowest BCUT2D eigenvalue weighted by molar-refractivity contribution is 0.756. The van der Waals surface area contributed by atoms with Crippen molar-refractivity contribution in [3.05, 3.63) is 191 Å². The quantitative estimate of drug-likeness (QED) is 0.194. The summed E-state index contributed by atoms with van der Waals surface area (Å²) in [7, 11) is 0. The highest BCUT2D eigenvalue weighted by Crippen LogP contribution is 2.63. The number of hydrogen-bond acceptors (Lipinski definition) is 1. The molecule has 0 saturated carbocycles. The van der Waals surface area contributed by atoms with E-state index in [1.807, 2.05) is 0 Å². The minimum atomic E-state index is -0.557. The van der Waals surface area contributed by atoms with Crippen LogP contribution in [0, 0.1) is 6.92 Å². The normalized spacial score (nSPS) is 14.6. The molecule has 0 amide bonds. The molecule has 1 heteroatoms. The van der Waals surface area contributed by atoms with Gasteiger partial charge in [-0.3, -0.25) is 4.99 Å². The van der Waals surface area contributed by atoms with Gasteiger partial charge < -0.3 is 0 Å². The SMILES string of the molecule is C=C(C1=C(/N=C(\C)c2ccc(C)cc2)C2(c3ccccc31)c1ccccc1-c1ccccc12)c1cccc2ccccc12. The zero-order valence-electron chi connectivity index (χ0n) is 24.4. The highest BCUT2D eigenvalue weighted by Gasteiger charge is 2.53. The van der Waals surface area contributed by atoms with E-state index < -0.39 is 5.41 Å². The summed E-state index contributed by atoms with van der Waals surface area (Å²) in [5, 5.41) is 2.41. The molecule has 1 nitrogen and oxygen atoms in total. The number of fused-ring (bicyclic) bond motifs is 8. The second-order valence-corrected chi connectivity index (χ2v) is 11.7. The number of nitrogens with zero attached hydrogens (tertiary/aromatic N) is 1. The predicted octanol–water partition coefficient (Wildman–Crippen LogP) is 10.4. The zero-order chi connectivity index (χ0) is 29.1. The summed E-state index contributed by atoms with van der Waals surface area (Å²) >= 11 is 0. The van der Waals surface area contributed by atoms with Crippen LogP contribution in [0.3, 0.4) is 0 Å². The van der Waals surface area contributed by atoms with E-state index in [0.717, 1.165) is 33.7 Å². The number of aliphatic imine (C=N–C) groups is 1. The lowest BCUT2D eigenvalue weighted by atomic mass is 9.72. The zero-order valence-corrected chi connectivity index (χ0v) is 24.4. The van der Waals surface area contributed by atoms with Crippen LogP contribution in [-0.2, 0) is 5.41 Å².